The lowest BCUT2D eigenvalue weighted by atomic mass is 10.00. The van der Waals surface area contributed by atoms with E-state index in [4.69, 9.17) is 18.8 Å². The van der Waals surface area contributed by atoms with Crippen molar-refractivity contribution in [1.29, 1.82) is 0 Å². The smallest absolute Gasteiger partial charge is 0.159 e. The standard InChI is InChI=1S/C61H36N4O2/c1-2-14-38-31-41(22-21-35(38)11-1)59-62-60(42-25-29-53-50(33-42)45-19-9-10-20-52(45)66-53)64-61(63-59)48-28-27-47-55-43-17-7-5-12-36(43)24-30-54(55)67-58(47)57(48)65-51-34-40-16-4-3-15-39(40)32-49(51)46-26-23-37-13-6-8-18-44(37)56(46)65/h1-34,61H,(H,62,63,64). The van der Waals surface area contributed by atoms with Gasteiger partial charge in [0.15, 0.2) is 11.4 Å². The molecule has 0 saturated heterocycles. The third-order valence-electron chi connectivity index (χ3n) is 14.0. The summed E-state index contributed by atoms with van der Waals surface area (Å²) in [4.78, 5) is 11.0. The number of nitrogens with zero attached hydrogens (tertiary/aromatic N) is 3. The van der Waals surface area contributed by atoms with Gasteiger partial charge in [0.25, 0.3) is 0 Å². The summed E-state index contributed by atoms with van der Waals surface area (Å²) in [6.45, 7) is 0. The fourth-order valence-corrected chi connectivity index (χ4v) is 10.8. The number of furan rings is 2. The van der Waals surface area contributed by atoms with Crippen LogP contribution in [0.15, 0.2) is 225 Å². The van der Waals surface area contributed by atoms with Crippen LogP contribution in [-0.4, -0.2) is 16.2 Å². The Labute approximate surface area is 382 Å². The van der Waals surface area contributed by atoms with E-state index in [0.29, 0.717) is 5.84 Å². The third-order valence-corrected chi connectivity index (χ3v) is 14.0. The number of aliphatic imine (C=N–C) groups is 2. The average molecular weight is 857 g/mol. The van der Waals surface area contributed by atoms with Gasteiger partial charge < -0.3 is 18.7 Å². The normalized spacial score (nSPS) is 14.4. The number of hydrogen-bond acceptors (Lipinski definition) is 5. The van der Waals surface area contributed by atoms with Crippen molar-refractivity contribution in [3.63, 3.8) is 0 Å². The zero-order chi connectivity index (χ0) is 43.7. The maximum absolute atomic E-state index is 7.26. The van der Waals surface area contributed by atoms with Crippen molar-refractivity contribution >= 4 is 120 Å². The molecule has 0 bridgehead atoms. The summed E-state index contributed by atoms with van der Waals surface area (Å²) in [5, 5.41) is 19.8. The van der Waals surface area contributed by atoms with E-state index < -0.39 is 6.17 Å². The molecule has 0 amide bonds. The van der Waals surface area contributed by atoms with Crippen molar-refractivity contribution in [1.82, 2.24) is 9.88 Å². The van der Waals surface area contributed by atoms with Crippen LogP contribution < -0.4 is 5.32 Å². The molecule has 1 aliphatic heterocycles. The van der Waals surface area contributed by atoms with Crippen LogP contribution in [0, 0.1) is 0 Å². The zero-order valence-corrected chi connectivity index (χ0v) is 35.9. The maximum atomic E-state index is 7.26. The summed E-state index contributed by atoms with van der Waals surface area (Å²) >= 11 is 0. The van der Waals surface area contributed by atoms with Crippen LogP contribution in [0.4, 0.5) is 0 Å². The first kappa shape index (κ1) is 36.4. The molecule has 1 unspecified atom stereocenters. The number of fused-ring (bicyclic) bond motifs is 15. The van der Waals surface area contributed by atoms with E-state index in [-0.39, 0.29) is 0 Å². The molecule has 3 aromatic heterocycles. The van der Waals surface area contributed by atoms with Crippen molar-refractivity contribution in [2.45, 2.75) is 6.17 Å². The van der Waals surface area contributed by atoms with Crippen LogP contribution in [0.5, 0.6) is 0 Å². The number of amidine groups is 2. The molecule has 15 rings (SSSR count). The highest BCUT2D eigenvalue weighted by molar-refractivity contribution is 6.24. The lowest BCUT2D eigenvalue weighted by molar-refractivity contribution is 0.650. The van der Waals surface area contributed by atoms with Gasteiger partial charge in [-0.1, -0.05) is 152 Å². The molecule has 0 radical (unpaired) electrons. The number of nitrogens with one attached hydrogen (secondary N) is 1. The minimum atomic E-state index is -0.585. The first-order valence-electron chi connectivity index (χ1n) is 22.7. The van der Waals surface area contributed by atoms with Crippen molar-refractivity contribution in [3.05, 3.63) is 223 Å². The van der Waals surface area contributed by atoms with Crippen LogP contribution in [0.2, 0.25) is 0 Å². The van der Waals surface area contributed by atoms with Gasteiger partial charge in [0.2, 0.25) is 0 Å². The summed E-state index contributed by atoms with van der Waals surface area (Å²) in [6.07, 6.45) is -0.585. The van der Waals surface area contributed by atoms with Gasteiger partial charge in [0, 0.05) is 54.4 Å². The number of benzene rings is 11. The summed E-state index contributed by atoms with van der Waals surface area (Å²) in [7, 11) is 0. The van der Waals surface area contributed by atoms with Gasteiger partial charge in [-0.15, -0.1) is 0 Å². The molecular weight excluding hydrogens is 821 g/mol. The molecule has 0 fully saturated rings. The summed E-state index contributed by atoms with van der Waals surface area (Å²) in [5.74, 6) is 1.36. The molecule has 4 heterocycles. The third kappa shape index (κ3) is 5.38. The van der Waals surface area contributed by atoms with E-state index in [1.807, 2.05) is 12.1 Å². The Balaban J connectivity index is 1.06. The predicted octanol–water partition coefficient (Wildman–Crippen LogP) is 15.7. The Morgan fingerprint density at radius 3 is 1.90 bits per heavy atom. The van der Waals surface area contributed by atoms with Crippen LogP contribution in [0.3, 0.4) is 0 Å². The second-order valence-electron chi connectivity index (χ2n) is 17.7. The molecule has 0 spiro atoms. The highest BCUT2D eigenvalue weighted by Crippen LogP contribution is 2.46. The molecule has 67 heavy (non-hydrogen) atoms. The van der Waals surface area contributed by atoms with E-state index in [0.717, 1.165) is 115 Å². The zero-order valence-electron chi connectivity index (χ0n) is 35.9. The van der Waals surface area contributed by atoms with Crippen LogP contribution >= 0.6 is 0 Å². The Bertz CT molecular complexity index is 4510. The molecule has 1 aliphatic rings. The average Bonchev–Trinajstić information content (AvgIpc) is 4.07. The topological polar surface area (TPSA) is 68.0 Å². The maximum Gasteiger partial charge on any atom is 0.159 e. The predicted molar refractivity (Wildman–Crippen MR) is 277 cm³/mol. The Hall–Kier alpha value is -9.00. The second-order valence-corrected chi connectivity index (χ2v) is 17.7. The molecule has 14 aromatic rings. The highest BCUT2D eigenvalue weighted by Gasteiger charge is 2.30. The number of para-hydroxylation sites is 1. The van der Waals surface area contributed by atoms with Gasteiger partial charge in [-0.05, 0) is 92.3 Å². The SMILES string of the molecule is c1ccc2cc(C3=NC(c4ccc5c(oc6ccc7ccccc7c65)c4-n4c5cc6ccccc6cc5c5ccc6ccccc6c54)NC(c4ccc5oc6ccccc6c5c4)=N3)ccc2c1. The fourth-order valence-electron chi connectivity index (χ4n) is 10.8. The summed E-state index contributed by atoms with van der Waals surface area (Å²) < 4.78 is 16.0. The lowest BCUT2D eigenvalue weighted by Gasteiger charge is -2.26. The summed E-state index contributed by atoms with van der Waals surface area (Å²) in [6, 6.07) is 73.4. The molecule has 11 aromatic carbocycles. The Kier molecular flexibility index (Phi) is 7.46. The van der Waals surface area contributed by atoms with E-state index >= 15 is 0 Å². The minimum Gasteiger partial charge on any atom is -0.456 e. The minimum absolute atomic E-state index is 0.585. The first-order valence-corrected chi connectivity index (χ1v) is 22.7. The monoisotopic (exact) mass is 856 g/mol. The molecule has 0 saturated carbocycles. The van der Waals surface area contributed by atoms with Gasteiger partial charge in [-0.2, -0.15) is 0 Å². The molecule has 1 N–H and O–H groups in total. The molecule has 6 heteroatoms. The molecule has 6 nitrogen and oxygen atoms in total. The van der Waals surface area contributed by atoms with Gasteiger partial charge in [0.1, 0.15) is 28.8 Å². The number of hydrogen-bond donors (Lipinski definition) is 1. The first-order chi connectivity index (χ1) is 33.2. The molecule has 1 atom stereocenters. The molecular formula is C61H36N4O2. The van der Waals surface area contributed by atoms with Crippen molar-refractivity contribution in [2.24, 2.45) is 9.98 Å². The lowest BCUT2D eigenvalue weighted by Crippen LogP contribution is -2.34. The van der Waals surface area contributed by atoms with Crippen LogP contribution in [0.25, 0.3) is 114 Å². The van der Waals surface area contributed by atoms with E-state index in [2.05, 4.69) is 204 Å². The quantitative estimate of drug-likeness (QED) is 0.192. The number of rotatable bonds is 4. The largest absolute Gasteiger partial charge is 0.456 e. The molecule has 0 aliphatic carbocycles. The number of aromatic nitrogens is 1. The van der Waals surface area contributed by atoms with Crippen LogP contribution in [0.1, 0.15) is 22.9 Å². The van der Waals surface area contributed by atoms with Crippen molar-refractivity contribution in [3.8, 4) is 5.69 Å². The van der Waals surface area contributed by atoms with E-state index in [9.17, 15) is 0 Å². The van der Waals surface area contributed by atoms with E-state index in [1.165, 1.54) is 21.5 Å². The fraction of sp³-hybridized carbons (Fsp3) is 0.0164. The summed E-state index contributed by atoms with van der Waals surface area (Å²) in [5.41, 5.74) is 9.27. The molecule has 312 valence electrons. The van der Waals surface area contributed by atoms with Gasteiger partial charge >= 0.3 is 0 Å². The van der Waals surface area contributed by atoms with E-state index in [1.54, 1.807) is 0 Å². The van der Waals surface area contributed by atoms with Crippen molar-refractivity contribution < 1.29 is 8.83 Å². The van der Waals surface area contributed by atoms with Crippen LogP contribution in [-0.2, 0) is 0 Å². The Morgan fingerprint density at radius 2 is 1.04 bits per heavy atom. The van der Waals surface area contributed by atoms with Gasteiger partial charge in [-0.3, -0.25) is 0 Å². The highest BCUT2D eigenvalue weighted by atomic mass is 16.3. The second kappa shape index (κ2) is 13.8. The van der Waals surface area contributed by atoms with Crippen molar-refractivity contribution in [2.75, 3.05) is 0 Å². The Morgan fingerprint density at radius 1 is 0.418 bits per heavy atom. The van der Waals surface area contributed by atoms with Gasteiger partial charge in [-0.25, -0.2) is 9.98 Å². The van der Waals surface area contributed by atoms with Gasteiger partial charge in [0.05, 0.1) is 16.7 Å².